The second kappa shape index (κ2) is 9.80. The van der Waals surface area contributed by atoms with Gasteiger partial charge in [-0.3, -0.25) is 14.4 Å². The Labute approximate surface area is 165 Å². The van der Waals surface area contributed by atoms with Gasteiger partial charge in [-0.2, -0.15) is 0 Å². The first-order valence-electron chi connectivity index (χ1n) is 7.72. The molecule has 2 N–H and O–H groups in total. The number of halogens is 2. The maximum absolute atomic E-state index is 12.0. The van der Waals surface area contributed by atoms with Gasteiger partial charge < -0.3 is 20.1 Å². The lowest BCUT2D eigenvalue weighted by molar-refractivity contribution is -0.146. The van der Waals surface area contributed by atoms with Crippen LogP contribution in [-0.2, 0) is 14.3 Å². The summed E-state index contributed by atoms with van der Waals surface area (Å²) in [7, 11) is 1.47. The summed E-state index contributed by atoms with van der Waals surface area (Å²) in [5.74, 6) is -1.40. The average Bonchev–Trinajstić information content (AvgIpc) is 2.65. The largest absolute Gasteiger partial charge is 0.495 e. The number of ether oxygens (including phenoxy) is 2. The van der Waals surface area contributed by atoms with Crippen molar-refractivity contribution < 1.29 is 23.9 Å². The van der Waals surface area contributed by atoms with Crippen molar-refractivity contribution >= 4 is 46.7 Å². The lowest BCUT2D eigenvalue weighted by Gasteiger charge is -2.10. The molecule has 0 radical (unpaired) electrons. The molecule has 142 valence electrons. The summed E-state index contributed by atoms with van der Waals surface area (Å²) >= 11 is 11.7. The molecule has 0 bridgehead atoms. The standard InChI is InChI=1S/C18H16Cl2N2O5/c1-26-15-5-3-2-4-14(15)22-16(23)10-27-17(24)9-21-18(25)12-7-6-11(19)8-13(12)20/h2-8H,9-10H2,1H3,(H,21,25)(H,22,23). The minimum Gasteiger partial charge on any atom is -0.495 e. The quantitative estimate of drug-likeness (QED) is 0.684. The Morgan fingerprint density at radius 1 is 1.07 bits per heavy atom. The first-order chi connectivity index (χ1) is 12.9. The van der Waals surface area contributed by atoms with Crippen molar-refractivity contribution in [2.45, 2.75) is 0 Å². The highest BCUT2D eigenvalue weighted by atomic mass is 35.5. The zero-order chi connectivity index (χ0) is 19.8. The first-order valence-corrected chi connectivity index (χ1v) is 8.48. The fourth-order valence-corrected chi connectivity index (χ4v) is 2.55. The topological polar surface area (TPSA) is 93.7 Å². The van der Waals surface area contributed by atoms with Crippen LogP contribution in [-0.4, -0.2) is 38.0 Å². The molecule has 0 spiro atoms. The van der Waals surface area contributed by atoms with Gasteiger partial charge >= 0.3 is 5.97 Å². The molecular formula is C18H16Cl2N2O5. The fourth-order valence-electron chi connectivity index (χ4n) is 2.05. The number of hydrogen-bond acceptors (Lipinski definition) is 5. The third-order valence-corrected chi connectivity index (χ3v) is 3.86. The normalized spacial score (nSPS) is 10.0. The molecule has 0 aliphatic carbocycles. The summed E-state index contributed by atoms with van der Waals surface area (Å²) in [5.41, 5.74) is 0.620. The van der Waals surface area contributed by atoms with Gasteiger partial charge in [-0.15, -0.1) is 0 Å². The molecule has 0 unspecified atom stereocenters. The molecular weight excluding hydrogens is 395 g/mol. The third-order valence-electron chi connectivity index (χ3n) is 3.31. The molecule has 0 saturated carbocycles. The van der Waals surface area contributed by atoms with Crippen LogP contribution >= 0.6 is 23.2 Å². The van der Waals surface area contributed by atoms with Crippen LogP contribution in [0.15, 0.2) is 42.5 Å². The van der Waals surface area contributed by atoms with Gasteiger partial charge in [0.15, 0.2) is 6.61 Å². The number of benzene rings is 2. The van der Waals surface area contributed by atoms with E-state index in [-0.39, 0.29) is 10.6 Å². The number of carbonyl (C=O) groups excluding carboxylic acids is 3. The molecule has 2 rings (SSSR count). The molecule has 9 heteroatoms. The number of esters is 1. The molecule has 2 aromatic carbocycles. The van der Waals surface area contributed by atoms with Gasteiger partial charge in [-0.1, -0.05) is 35.3 Å². The Morgan fingerprint density at radius 2 is 1.81 bits per heavy atom. The number of anilines is 1. The van der Waals surface area contributed by atoms with Gasteiger partial charge in [0.1, 0.15) is 12.3 Å². The summed E-state index contributed by atoms with van der Waals surface area (Å²) < 4.78 is 9.93. The molecule has 0 aromatic heterocycles. The highest BCUT2D eigenvalue weighted by molar-refractivity contribution is 6.36. The van der Waals surface area contributed by atoms with E-state index in [0.717, 1.165) is 0 Å². The molecule has 7 nitrogen and oxygen atoms in total. The molecule has 0 atom stereocenters. The van der Waals surface area contributed by atoms with Gasteiger partial charge in [0.2, 0.25) is 0 Å². The molecule has 0 fully saturated rings. The van der Waals surface area contributed by atoms with Gasteiger partial charge in [-0.05, 0) is 30.3 Å². The van der Waals surface area contributed by atoms with Crippen LogP contribution < -0.4 is 15.4 Å². The predicted octanol–water partition coefficient (Wildman–Crippen LogP) is 2.91. The van der Waals surface area contributed by atoms with E-state index in [1.807, 2.05) is 0 Å². The van der Waals surface area contributed by atoms with Crippen LogP contribution in [0.5, 0.6) is 5.75 Å². The molecule has 0 aliphatic rings. The summed E-state index contributed by atoms with van der Waals surface area (Å²) in [6, 6.07) is 11.2. The minimum atomic E-state index is -0.774. The van der Waals surface area contributed by atoms with E-state index >= 15 is 0 Å². The van der Waals surface area contributed by atoms with Crippen molar-refractivity contribution in [3.8, 4) is 5.75 Å². The summed E-state index contributed by atoms with van der Waals surface area (Å²) in [5, 5.41) is 5.46. The minimum absolute atomic E-state index is 0.157. The molecule has 2 amide bonds. The van der Waals surface area contributed by atoms with Crippen molar-refractivity contribution in [2.75, 3.05) is 25.6 Å². The second-order valence-electron chi connectivity index (χ2n) is 5.22. The molecule has 0 aliphatic heterocycles. The highest BCUT2D eigenvalue weighted by Crippen LogP contribution is 2.23. The monoisotopic (exact) mass is 410 g/mol. The van der Waals surface area contributed by atoms with E-state index in [9.17, 15) is 14.4 Å². The van der Waals surface area contributed by atoms with Crippen molar-refractivity contribution in [1.29, 1.82) is 0 Å². The SMILES string of the molecule is COc1ccccc1NC(=O)COC(=O)CNC(=O)c1ccc(Cl)cc1Cl. The van der Waals surface area contributed by atoms with E-state index in [1.165, 1.54) is 25.3 Å². The Hall–Kier alpha value is -2.77. The number of rotatable bonds is 7. The van der Waals surface area contributed by atoms with Crippen molar-refractivity contribution in [3.05, 3.63) is 58.1 Å². The van der Waals surface area contributed by atoms with Gasteiger partial charge in [0, 0.05) is 5.02 Å². The Morgan fingerprint density at radius 3 is 2.52 bits per heavy atom. The number of carbonyl (C=O) groups is 3. The highest BCUT2D eigenvalue weighted by Gasteiger charge is 2.14. The Kier molecular flexibility index (Phi) is 7.45. The van der Waals surface area contributed by atoms with E-state index < -0.39 is 30.9 Å². The third kappa shape index (κ3) is 6.16. The Bertz CT molecular complexity index is 857. The van der Waals surface area contributed by atoms with E-state index in [1.54, 1.807) is 24.3 Å². The molecule has 0 saturated heterocycles. The number of para-hydroxylation sites is 2. The van der Waals surface area contributed by atoms with E-state index in [4.69, 9.17) is 32.7 Å². The fraction of sp³-hybridized carbons (Fsp3) is 0.167. The Balaban J connectivity index is 1.78. The first kappa shape index (κ1) is 20.5. The van der Waals surface area contributed by atoms with Crippen LogP contribution in [0.4, 0.5) is 5.69 Å². The second-order valence-corrected chi connectivity index (χ2v) is 6.06. The number of methoxy groups -OCH3 is 1. The number of hydrogen-bond donors (Lipinski definition) is 2. The van der Waals surface area contributed by atoms with Crippen LogP contribution in [0.2, 0.25) is 10.0 Å². The smallest absolute Gasteiger partial charge is 0.325 e. The predicted molar refractivity (Wildman–Crippen MR) is 101 cm³/mol. The van der Waals surface area contributed by atoms with Crippen molar-refractivity contribution in [1.82, 2.24) is 5.32 Å². The van der Waals surface area contributed by atoms with Crippen LogP contribution in [0.3, 0.4) is 0 Å². The van der Waals surface area contributed by atoms with Crippen molar-refractivity contribution in [2.24, 2.45) is 0 Å². The maximum Gasteiger partial charge on any atom is 0.325 e. The van der Waals surface area contributed by atoms with Gasteiger partial charge in [-0.25, -0.2) is 0 Å². The molecule has 2 aromatic rings. The summed E-state index contributed by atoms with van der Waals surface area (Å²) in [4.78, 5) is 35.6. The average molecular weight is 411 g/mol. The lowest BCUT2D eigenvalue weighted by atomic mass is 10.2. The zero-order valence-corrected chi connectivity index (χ0v) is 15.8. The molecule has 0 heterocycles. The summed E-state index contributed by atoms with van der Waals surface area (Å²) in [6.45, 7) is -0.922. The van der Waals surface area contributed by atoms with Crippen LogP contribution in [0, 0.1) is 0 Å². The van der Waals surface area contributed by atoms with Gasteiger partial charge in [0.25, 0.3) is 11.8 Å². The zero-order valence-electron chi connectivity index (χ0n) is 14.3. The van der Waals surface area contributed by atoms with E-state index in [2.05, 4.69) is 10.6 Å². The van der Waals surface area contributed by atoms with E-state index in [0.29, 0.717) is 16.5 Å². The van der Waals surface area contributed by atoms with Crippen LogP contribution in [0.25, 0.3) is 0 Å². The van der Waals surface area contributed by atoms with Gasteiger partial charge in [0.05, 0.1) is 23.4 Å². The number of amides is 2. The maximum atomic E-state index is 12.0. The molecule has 27 heavy (non-hydrogen) atoms. The lowest BCUT2D eigenvalue weighted by Crippen LogP contribution is -2.32. The van der Waals surface area contributed by atoms with Crippen molar-refractivity contribution in [3.63, 3.8) is 0 Å². The van der Waals surface area contributed by atoms with Crippen LogP contribution in [0.1, 0.15) is 10.4 Å². The summed E-state index contributed by atoms with van der Waals surface area (Å²) in [6.07, 6.45) is 0. The number of nitrogens with one attached hydrogen (secondary N) is 2.